The number of rotatable bonds is 10. The second kappa shape index (κ2) is 12.8. The minimum absolute atomic E-state index is 0.132. The van der Waals surface area contributed by atoms with Crippen LogP contribution in [0.25, 0.3) is 0 Å². The monoisotopic (exact) mass is 556 g/mol. The van der Waals surface area contributed by atoms with Gasteiger partial charge in [-0.15, -0.1) is 0 Å². The average Bonchev–Trinajstić information content (AvgIpc) is 3.06. The Balaban J connectivity index is 1.60. The average molecular weight is 557 g/mol. The van der Waals surface area contributed by atoms with Crippen molar-refractivity contribution in [1.82, 2.24) is 0 Å². The molecule has 1 heterocycles. The summed E-state index contributed by atoms with van der Waals surface area (Å²) >= 11 is 10.7. The number of hydrogen-bond donors (Lipinski definition) is 3. The SMILES string of the molecule is CC[C@@H](C/C=C/C(O)[C@H](C)CS)CCN1C[C@@]2(CCCc3cc(Cl)ccc32)COc2ccc(C(N)=O)cc21. The molecule has 1 unspecified atom stereocenters. The lowest BCUT2D eigenvalue weighted by Gasteiger charge is -2.41. The summed E-state index contributed by atoms with van der Waals surface area (Å²) in [7, 11) is 0. The summed E-state index contributed by atoms with van der Waals surface area (Å²) < 4.78 is 6.48. The molecule has 4 rings (SSSR count). The number of halogens is 1. The van der Waals surface area contributed by atoms with Gasteiger partial charge in [-0.25, -0.2) is 0 Å². The lowest BCUT2D eigenvalue weighted by molar-refractivity contribution is 0.1000. The molecule has 1 aliphatic heterocycles. The van der Waals surface area contributed by atoms with E-state index in [1.165, 1.54) is 11.1 Å². The van der Waals surface area contributed by atoms with Gasteiger partial charge in [-0.2, -0.15) is 12.6 Å². The first kappa shape index (κ1) is 28.8. The molecule has 0 bridgehead atoms. The van der Waals surface area contributed by atoms with Crippen molar-refractivity contribution >= 4 is 35.8 Å². The highest BCUT2D eigenvalue weighted by Gasteiger charge is 2.41. The fourth-order valence-electron chi connectivity index (χ4n) is 5.84. The van der Waals surface area contributed by atoms with Crippen molar-refractivity contribution < 1.29 is 14.6 Å². The predicted octanol–water partition coefficient (Wildman–Crippen LogP) is 6.20. The molecule has 0 radical (unpaired) electrons. The zero-order valence-corrected chi connectivity index (χ0v) is 24.2. The third-order valence-electron chi connectivity index (χ3n) is 8.38. The van der Waals surface area contributed by atoms with E-state index >= 15 is 0 Å². The van der Waals surface area contributed by atoms with Gasteiger partial charge >= 0.3 is 0 Å². The van der Waals surface area contributed by atoms with Crippen LogP contribution in [-0.2, 0) is 11.8 Å². The summed E-state index contributed by atoms with van der Waals surface area (Å²) in [6, 6.07) is 11.8. The Morgan fingerprint density at radius 3 is 2.87 bits per heavy atom. The van der Waals surface area contributed by atoms with Crippen LogP contribution in [0.4, 0.5) is 5.69 Å². The molecule has 4 atom stereocenters. The van der Waals surface area contributed by atoms with E-state index in [0.717, 1.165) is 68.1 Å². The molecule has 38 heavy (non-hydrogen) atoms. The fraction of sp³-hybridized carbons (Fsp3) is 0.516. The van der Waals surface area contributed by atoms with Crippen molar-refractivity contribution in [2.75, 3.05) is 30.3 Å². The van der Waals surface area contributed by atoms with E-state index in [0.29, 0.717) is 23.8 Å². The van der Waals surface area contributed by atoms with E-state index in [1.54, 1.807) is 6.07 Å². The first-order chi connectivity index (χ1) is 18.3. The Labute approximate surface area is 237 Å². The van der Waals surface area contributed by atoms with Crippen LogP contribution in [0.3, 0.4) is 0 Å². The van der Waals surface area contributed by atoms with Gasteiger partial charge in [0.15, 0.2) is 0 Å². The number of thiol groups is 1. The number of carbonyl (C=O) groups excluding carboxylic acids is 1. The number of carbonyl (C=O) groups is 1. The lowest BCUT2D eigenvalue weighted by Crippen LogP contribution is -2.46. The maximum absolute atomic E-state index is 12.0. The van der Waals surface area contributed by atoms with Crippen molar-refractivity contribution in [2.24, 2.45) is 17.6 Å². The van der Waals surface area contributed by atoms with Crippen LogP contribution >= 0.6 is 24.2 Å². The summed E-state index contributed by atoms with van der Waals surface area (Å²) in [5.74, 6) is 1.63. The van der Waals surface area contributed by atoms with Gasteiger partial charge in [0.25, 0.3) is 0 Å². The maximum Gasteiger partial charge on any atom is 0.248 e. The molecular formula is C31H41ClN2O3S. The smallest absolute Gasteiger partial charge is 0.248 e. The number of allylic oxidation sites excluding steroid dienone is 1. The van der Waals surface area contributed by atoms with Gasteiger partial charge < -0.3 is 20.5 Å². The van der Waals surface area contributed by atoms with E-state index < -0.39 is 12.0 Å². The number of ether oxygens (including phenoxy) is 1. The Morgan fingerprint density at radius 2 is 2.13 bits per heavy atom. The van der Waals surface area contributed by atoms with Crippen molar-refractivity contribution in [3.05, 3.63) is 70.3 Å². The molecule has 7 heteroatoms. The van der Waals surface area contributed by atoms with Crippen LogP contribution in [0, 0.1) is 11.8 Å². The molecule has 3 N–H and O–H groups in total. The van der Waals surface area contributed by atoms with Crippen LogP contribution in [0.5, 0.6) is 5.75 Å². The Morgan fingerprint density at radius 1 is 1.32 bits per heavy atom. The van der Waals surface area contributed by atoms with Gasteiger partial charge in [-0.3, -0.25) is 4.79 Å². The number of aliphatic hydroxyl groups is 1. The molecule has 1 spiro atoms. The second-order valence-electron chi connectivity index (χ2n) is 11.1. The van der Waals surface area contributed by atoms with E-state index in [9.17, 15) is 9.90 Å². The first-order valence-electron chi connectivity index (χ1n) is 13.8. The normalized spacial score (nSPS) is 21.3. The van der Waals surface area contributed by atoms with Gasteiger partial charge in [0.1, 0.15) is 5.75 Å². The highest BCUT2D eigenvalue weighted by Crippen LogP contribution is 2.44. The number of primary amides is 1. The second-order valence-corrected chi connectivity index (χ2v) is 11.9. The Kier molecular flexibility index (Phi) is 9.72. The molecule has 2 aromatic carbocycles. The molecule has 0 fully saturated rings. The number of benzene rings is 2. The standard InChI is InChI=1S/C31H41ClN2O3S/c1-3-22(6-4-8-28(35)21(2)18-38)13-15-34-19-31(14-5-7-23-16-25(32)10-11-26(23)31)20-37-29-12-9-24(30(33)36)17-27(29)34/h4,8-12,16-17,21-22,28,35,38H,3,5-7,13-15,18-20H2,1-2H3,(H2,33,36)/b8-4+/t21-,22+,28?,31+/m1/s1. The van der Waals surface area contributed by atoms with Gasteiger partial charge in [0, 0.05) is 29.1 Å². The summed E-state index contributed by atoms with van der Waals surface area (Å²) in [5, 5.41) is 11.1. The number of nitrogens with zero attached hydrogens (tertiary/aromatic N) is 1. The largest absolute Gasteiger partial charge is 0.490 e. The molecule has 5 nitrogen and oxygen atoms in total. The molecule has 0 aromatic heterocycles. The molecule has 206 valence electrons. The first-order valence-corrected chi connectivity index (χ1v) is 14.8. The lowest BCUT2D eigenvalue weighted by atomic mass is 9.70. The number of anilines is 1. The van der Waals surface area contributed by atoms with Crippen molar-refractivity contribution in [1.29, 1.82) is 0 Å². The summed E-state index contributed by atoms with van der Waals surface area (Å²) in [6.07, 6.45) is 9.67. The van der Waals surface area contributed by atoms with Crippen LogP contribution in [0.2, 0.25) is 5.02 Å². The third-order valence-corrected chi connectivity index (χ3v) is 9.19. The van der Waals surface area contributed by atoms with Gasteiger partial charge in [0.05, 0.1) is 18.4 Å². The van der Waals surface area contributed by atoms with Gasteiger partial charge in [-0.1, -0.05) is 50.1 Å². The highest BCUT2D eigenvalue weighted by atomic mass is 35.5. The number of aryl methyl sites for hydroxylation is 1. The Bertz CT molecular complexity index is 1160. The predicted molar refractivity (Wildman–Crippen MR) is 160 cm³/mol. The molecule has 0 saturated carbocycles. The number of hydrogen-bond acceptors (Lipinski definition) is 5. The van der Waals surface area contributed by atoms with Crippen LogP contribution in [-0.4, -0.2) is 42.6 Å². The zero-order chi connectivity index (χ0) is 27.3. The number of amides is 1. The minimum atomic E-state index is -0.466. The number of aliphatic hydroxyl groups excluding tert-OH is 1. The molecule has 0 saturated heterocycles. The molecular weight excluding hydrogens is 516 g/mol. The highest BCUT2D eigenvalue weighted by molar-refractivity contribution is 7.80. The van der Waals surface area contributed by atoms with E-state index in [1.807, 2.05) is 31.2 Å². The summed E-state index contributed by atoms with van der Waals surface area (Å²) in [4.78, 5) is 14.4. The van der Waals surface area contributed by atoms with E-state index in [2.05, 4.69) is 42.7 Å². The van der Waals surface area contributed by atoms with Crippen LogP contribution in [0.1, 0.15) is 67.4 Å². The number of fused-ring (bicyclic) bond motifs is 3. The van der Waals surface area contributed by atoms with Crippen LogP contribution < -0.4 is 15.4 Å². The van der Waals surface area contributed by atoms with Gasteiger partial charge in [-0.05, 0) is 91.2 Å². The fourth-order valence-corrected chi connectivity index (χ4v) is 6.25. The molecule has 1 aliphatic carbocycles. The summed E-state index contributed by atoms with van der Waals surface area (Å²) in [6.45, 7) is 6.46. The van der Waals surface area contributed by atoms with E-state index in [-0.39, 0.29) is 11.3 Å². The maximum atomic E-state index is 12.0. The molecule has 2 aromatic rings. The summed E-state index contributed by atoms with van der Waals surface area (Å²) in [5.41, 5.74) is 9.56. The van der Waals surface area contributed by atoms with E-state index in [4.69, 9.17) is 22.1 Å². The van der Waals surface area contributed by atoms with Crippen molar-refractivity contribution in [3.8, 4) is 5.75 Å². The van der Waals surface area contributed by atoms with Crippen molar-refractivity contribution in [3.63, 3.8) is 0 Å². The zero-order valence-electron chi connectivity index (χ0n) is 22.5. The molecule has 2 aliphatic rings. The topological polar surface area (TPSA) is 75.8 Å². The van der Waals surface area contributed by atoms with Crippen molar-refractivity contribution in [2.45, 2.75) is 63.9 Å². The molecule has 1 amide bonds. The number of nitrogens with two attached hydrogens (primary N) is 1. The third kappa shape index (κ3) is 6.52. The van der Waals surface area contributed by atoms with Crippen LogP contribution in [0.15, 0.2) is 48.6 Å². The quantitative estimate of drug-likeness (QED) is 0.240. The Hall–Kier alpha value is -2.15. The van der Waals surface area contributed by atoms with Gasteiger partial charge in [0.2, 0.25) is 5.91 Å². The minimum Gasteiger partial charge on any atom is -0.490 e.